The molecular formula is C22H23ClN6O2. The Bertz CT molecular complexity index is 1150. The molecule has 0 atom stereocenters. The maximum Gasteiger partial charge on any atom is 0.318 e. The van der Waals surface area contributed by atoms with Crippen LogP contribution in [0.4, 0.5) is 11.6 Å². The zero-order valence-electron chi connectivity index (χ0n) is 17.4. The molecule has 2 aromatic heterocycles. The summed E-state index contributed by atoms with van der Waals surface area (Å²) >= 11 is 6.66. The van der Waals surface area contributed by atoms with E-state index in [4.69, 9.17) is 22.1 Å². The molecule has 3 aromatic rings. The third-order valence-corrected chi connectivity index (χ3v) is 5.57. The fourth-order valence-electron chi connectivity index (χ4n) is 3.74. The maximum atomic E-state index is 11.9. The summed E-state index contributed by atoms with van der Waals surface area (Å²) in [6.45, 7) is 7.93. The molecule has 1 saturated heterocycles. The number of methoxy groups -OCH3 is 1. The van der Waals surface area contributed by atoms with Gasteiger partial charge in [-0.25, -0.2) is 4.98 Å². The van der Waals surface area contributed by atoms with Gasteiger partial charge < -0.3 is 20.3 Å². The Morgan fingerprint density at radius 2 is 1.90 bits per heavy atom. The van der Waals surface area contributed by atoms with Gasteiger partial charge >= 0.3 is 6.01 Å². The van der Waals surface area contributed by atoms with Crippen molar-refractivity contribution >= 4 is 40.0 Å². The van der Waals surface area contributed by atoms with Crippen LogP contribution in [0.1, 0.15) is 5.56 Å². The first-order chi connectivity index (χ1) is 14.9. The average Bonchev–Trinajstić information content (AvgIpc) is 2.77. The number of amides is 1. The van der Waals surface area contributed by atoms with Crippen LogP contribution >= 0.6 is 11.6 Å². The Morgan fingerprint density at radius 1 is 1.16 bits per heavy atom. The summed E-state index contributed by atoms with van der Waals surface area (Å²) in [5, 5.41) is 1.33. The molecule has 0 unspecified atom stereocenters. The lowest BCUT2D eigenvalue weighted by Crippen LogP contribution is -2.48. The van der Waals surface area contributed by atoms with Gasteiger partial charge in [0.2, 0.25) is 5.91 Å². The maximum absolute atomic E-state index is 11.9. The van der Waals surface area contributed by atoms with Crippen molar-refractivity contribution in [2.45, 2.75) is 6.92 Å². The molecule has 0 bridgehead atoms. The number of aromatic nitrogens is 3. The molecule has 0 radical (unpaired) electrons. The van der Waals surface area contributed by atoms with E-state index in [-0.39, 0.29) is 11.9 Å². The number of aryl methyl sites for hydroxylation is 1. The Hall–Kier alpha value is -3.39. The predicted octanol–water partition coefficient (Wildman–Crippen LogP) is 3.08. The second-order valence-corrected chi connectivity index (χ2v) is 7.76. The van der Waals surface area contributed by atoms with E-state index in [9.17, 15) is 4.79 Å². The number of anilines is 2. The minimum absolute atomic E-state index is 0.0672. The van der Waals surface area contributed by atoms with Gasteiger partial charge in [-0.05, 0) is 42.8 Å². The Kier molecular flexibility index (Phi) is 5.65. The summed E-state index contributed by atoms with van der Waals surface area (Å²) in [4.78, 5) is 29.3. The molecule has 1 amide bonds. The third-order valence-electron chi connectivity index (χ3n) is 5.26. The van der Waals surface area contributed by atoms with Gasteiger partial charge in [0.1, 0.15) is 11.6 Å². The van der Waals surface area contributed by atoms with Crippen molar-refractivity contribution in [2.75, 3.05) is 43.9 Å². The van der Waals surface area contributed by atoms with E-state index < -0.39 is 0 Å². The van der Waals surface area contributed by atoms with Crippen LogP contribution < -0.4 is 15.4 Å². The number of nitrogens with zero attached hydrogens (tertiary/aromatic N) is 5. The predicted molar refractivity (Wildman–Crippen MR) is 122 cm³/mol. The van der Waals surface area contributed by atoms with Gasteiger partial charge in [0.25, 0.3) is 0 Å². The quantitative estimate of drug-likeness (QED) is 0.625. The second kappa shape index (κ2) is 8.39. The number of rotatable bonds is 4. The van der Waals surface area contributed by atoms with E-state index in [0.717, 1.165) is 22.3 Å². The summed E-state index contributed by atoms with van der Waals surface area (Å²) in [5.74, 6) is 1.08. The Labute approximate surface area is 185 Å². The summed E-state index contributed by atoms with van der Waals surface area (Å²) < 4.78 is 5.35. The van der Waals surface area contributed by atoms with Crippen LogP contribution in [0, 0.1) is 6.92 Å². The normalized spacial score (nSPS) is 14.0. The molecule has 0 aliphatic carbocycles. The first-order valence-electron chi connectivity index (χ1n) is 9.85. The van der Waals surface area contributed by atoms with Crippen molar-refractivity contribution in [3.8, 4) is 17.3 Å². The highest BCUT2D eigenvalue weighted by atomic mass is 35.5. The molecule has 1 fully saturated rings. The van der Waals surface area contributed by atoms with Crippen molar-refractivity contribution in [2.24, 2.45) is 0 Å². The largest absolute Gasteiger partial charge is 0.467 e. The van der Waals surface area contributed by atoms with Gasteiger partial charge in [0, 0.05) is 37.1 Å². The van der Waals surface area contributed by atoms with E-state index >= 15 is 0 Å². The highest BCUT2D eigenvalue weighted by Gasteiger charge is 2.23. The SMILES string of the molecule is C=CC(=O)N1CCN(c2nc(OC)nc3cc(-c4cc(C)cc(N)n4)c(Cl)cc23)CC1. The van der Waals surface area contributed by atoms with Gasteiger partial charge in [0.15, 0.2) is 0 Å². The second-order valence-electron chi connectivity index (χ2n) is 7.35. The Morgan fingerprint density at radius 3 is 2.55 bits per heavy atom. The van der Waals surface area contributed by atoms with E-state index in [1.165, 1.54) is 13.2 Å². The van der Waals surface area contributed by atoms with Crippen molar-refractivity contribution in [3.05, 3.63) is 47.5 Å². The summed E-state index contributed by atoms with van der Waals surface area (Å²) in [6, 6.07) is 7.72. The molecule has 0 saturated carbocycles. The van der Waals surface area contributed by atoms with Gasteiger partial charge in [-0.1, -0.05) is 18.2 Å². The lowest BCUT2D eigenvalue weighted by Gasteiger charge is -2.35. The van der Waals surface area contributed by atoms with Gasteiger partial charge in [-0.2, -0.15) is 9.97 Å². The third kappa shape index (κ3) is 4.11. The number of ether oxygens (including phenoxy) is 1. The van der Waals surface area contributed by atoms with Crippen LogP contribution in [-0.4, -0.2) is 59.0 Å². The minimum Gasteiger partial charge on any atom is -0.467 e. The molecule has 8 nitrogen and oxygen atoms in total. The molecule has 0 spiro atoms. The highest BCUT2D eigenvalue weighted by Crippen LogP contribution is 2.36. The van der Waals surface area contributed by atoms with Crippen molar-refractivity contribution in [3.63, 3.8) is 0 Å². The van der Waals surface area contributed by atoms with Crippen LogP contribution in [0.2, 0.25) is 5.02 Å². The van der Waals surface area contributed by atoms with Crippen LogP contribution in [0.15, 0.2) is 36.9 Å². The average molecular weight is 439 g/mol. The van der Waals surface area contributed by atoms with Crippen molar-refractivity contribution in [1.29, 1.82) is 0 Å². The molecule has 9 heteroatoms. The van der Waals surface area contributed by atoms with E-state index in [2.05, 4.69) is 26.4 Å². The Balaban J connectivity index is 1.78. The number of piperazine rings is 1. The first kappa shape index (κ1) is 20.9. The van der Waals surface area contributed by atoms with Crippen LogP contribution in [-0.2, 0) is 4.79 Å². The lowest BCUT2D eigenvalue weighted by atomic mass is 10.1. The minimum atomic E-state index is -0.0672. The zero-order chi connectivity index (χ0) is 22.1. The monoisotopic (exact) mass is 438 g/mol. The van der Waals surface area contributed by atoms with Crippen LogP contribution in [0.5, 0.6) is 6.01 Å². The summed E-state index contributed by atoms with van der Waals surface area (Å²) in [6.07, 6.45) is 1.34. The number of benzene rings is 1. The number of hydrogen-bond donors (Lipinski definition) is 1. The fraction of sp³-hybridized carbons (Fsp3) is 0.273. The lowest BCUT2D eigenvalue weighted by molar-refractivity contribution is -0.126. The number of carbonyl (C=O) groups excluding carboxylic acids is 1. The standard InChI is InChI=1S/C22H23ClN6O2/c1-4-20(30)28-5-7-29(8-6-28)21-15-11-16(23)14(12-18(15)26-22(27-21)31-3)17-9-13(2)10-19(24)25-17/h4,9-12H,1,5-8H2,2-3H3,(H2,24,25). The fourth-order valence-corrected chi connectivity index (χ4v) is 4.00. The van der Waals surface area contributed by atoms with E-state index in [1.54, 1.807) is 11.0 Å². The highest BCUT2D eigenvalue weighted by molar-refractivity contribution is 6.34. The summed E-state index contributed by atoms with van der Waals surface area (Å²) in [7, 11) is 1.53. The number of fused-ring (bicyclic) bond motifs is 1. The van der Waals surface area contributed by atoms with Gasteiger partial charge in [-0.15, -0.1) is 0 Å². The molecule has 3 heterocycles. The summed E-state index contributed by atoms with van der Waals surface area (Å²) in [5.41, 5.74) is 9.02. The number of nitrogen functional groups attached to an aromatic ring is 1. The number of pyridine rings is 1. The van der Waals surface area contributed by atoms with Gasteiger partial charge in [-0.3, -0.25) is 4.79 Å². The van der Waals surface area contributed by atoms with Crippen LogP contribution in [0.3, 0.4) is 0 Å². The number of halogens is 1. The number of nitrogens with two attached hydrogens (primary N) is 1. The molecule has 1 aliphatic rings. The number of hydrogen-bond acceptors (Lipinski definition) is 7. The molecule has 1 aliphatic heterocycles. The number of carbonyl (C=O) groups is 1. The molecule has 2 N–H and O–H groups in total. The zero-order valence-corrected chi connectivity index (χ0v) is 18.2. The molecule has 1 aromatic carbocycles. The van der Waals surface area contributed by atoms with Gasteiger partial charge in [0.05, 0.1) is 23.3 Å². The van der Waals surface area contributed by atoms with Crippen molar-refractivity contribution < 1.29 is 9.53 Å². The molecular weight excluding hydrogens is 416 g/mol. The smallest absolute Gasteiger partial charge is 0.318 e. The topological polar surface area (TPSA) is 97.5 Å². The van der Waals surface area contributed by atoms with E-state index in [1.807, 2.05) is 25.1 Å². The van der Waals surface area contributed by atoms with Crippen molar-refractivity contribution in [1.82, 2.24) is 19.9 Å². The van der Waals surface area contributed by atoms with E-state index in [0.29, 0.717) is 48.2 Å². The van der Waals surface area contributed by atoms with Crippen LogP contribution in [0.25, 0.3) is 22.2 Å². The molecule has 4 rings (SSSR count). The molecule has 31 heavy (non-hydrogen) atoms. The first-order valence-corrected chi connectivity index (χ1v) is 10.2. The molecule has 160 valence electrons.